The Kier molecular flexibility index (Phi) is 5.93. The first-order chi connectivity index (χ1) is 6.11. The summed E-state index contributed by atoms with van der Waals surface area (Å²) in [5.74, 6) is -1.14. The topological polar surface area (TPSA) is 66.4 Å². The Bertz CT molecular complexity index is 180. The van der Waals surface area contributed by atoms with Crippen LogP contribution in [-0.4, -0.2) is 23.0 Å². The summed E-state index contributed by atoms with van der Waals surface area (Å²) in [5.41, 5.74) is 0. The second-order valence-electron chi connectivity index (χ2n) is 2.97. The van der Waals surface area contributed by atoms with E-state index >= 15 is 0 Å². The lowest BCUT2D eigenvalue weighted by Gasteiger charge is -2.11. The van der Waals surface area contributed by atoms with E-state index in [2.05, 4.69) is 5.32 Å². The van der Waals surface area contributed by atoms with E-state index in [1.807, 2.05) is 6.92 Å². The zero-order valence-electron chi connectivity index (χ0n) is 8.17. The summed E-state index contributed by atoms with van der Waals surface area (Å²) in [6.07, 6.45) is 2.59. The normalized spacial score (nSPS) is 12.2. The summed E-state index contributed by atoms with van der Waals surface area (Å²) < 4.78 is 0. The van der Waals surface area contributed by atoms with Crippen LogP contribution in [0.15, 0.2) is 0 Å². The fourth-order valence-corrected chi connectivity index (χ4v) is 0.942. The van der Waals surface area contributed by atoms with E-state index < -0.39 is 12.0 Å². The number of carbonyl (C=O) groups excluding carboxylic acids is 1. The van der Waals surface area contributed by atoms with Gasteiger partial charge in [0.1, 0.15) is 6.04 Å². The molecule has 0 rings (SSSR count). The lowest BCUT2D eigenvalue weighted by Crippen LogP contribution is -2.40. The number of aliphatic carboxylic acids is 1. The van der Waals surface area contributed by atoms with Crippen molar-refractivity contribution < 1.29 is 14.7 Å². The second-order valence-corrected chi connectivity index (χ2v) is 2.97. The van der Waals surface area contributed by atoms with E-state index in [4.69, 9.17) is 5.11 Å². The first-order valence-corrected chi connectivity index (χ1v) is 4.64. The molecule has 1 atom stereocenters. The Morgan fingerprint density at radius 2 is 2.00 bits per heavy atom. The zero-order chi connectivity index (χ0) is 10.3. The quantitative estimate of drug-likeness (QED) is 0.655. The standard InChI is InChI=1S/C9H17NO3/c1-3-5-6-8(11)10-7(4-2)9(12)13/h7H,3-6H2,1-2H3,(H,10,11)(H,12,13). The molecule has 0 fully saturated rings. The third kappa shape index (κ3) is 5.22. The molecule has 0 aromatic carbocycles. The molecule has 2 N–H and O–H groups in total. The third-order valence-corrected chi connectivity index (χ3v) is 1.80. The van der Waals surface area contributed by atoms with Crippen molar-refractivity contribution in [3.8, 4) is 0 Å². The SMILES string of the molecule is CCCCC(=O)NC(CC)C(=O)O. The van der Waals surface area contributed by atoms with E-state index in [-0.39, 0.29) is 5.91 Å². The number of carboxylic acid groups (broad SMARTS) is 1. The molecule has 0 heterocycles. The van der Waals surface area contributed by atoms with Crippen molar-refractivity contribution in [1.82, 2.24) is 5.32 Å². The lowest BCUT2D eigenvalue weighted by atomic mass is 10.2. The average molecular weight is 187 g/mol. The van der Waals surface area contributed by atoms with Crippen molar-refractivity contribution in [3.05, 3.63) is 0 Å². The molecule has 0 bridgehead atoms. The van der Waals surface area contributed by atoms with Crippen molar-refractivity contribution in [1.29, 1.82) is 0 Å². The molecule has 0 aliphatic rings. The van der Waals surface area contributed by atoms with Crippen LogP contribution in [0, 0.1) is 0 Å². The second kappa shape index (κ2) is 6.46. The molecular formula is C9H17NO3. The number of unbranched alkanes of at least 4 members (excludes halogenated alkanes) is 1. The summed E-state index contributed by atoms with van der Waals surface area (Å²) in [7, 11) is 0. The highest BCUT2D eigenvalue weighted by Crippen LogP contribution is 1.96. The number of rotatable bonds is 6. The van der Waals surface area contributed by atoms with Crippen LogP contribution in [0.1, 0.15) is 39.5 Å². The molecule has 76 valence electrons. The van der Waals surface area contributed by atoms with Gasteiger partial charge in [0.25, 0.3) is 0 Å². The number of amides is 1. The summed E-state index contributed by atoms with van der Waals surface area (Å²) >= 11 is 0. The predicted octanol–water partition coefficient (Wildman–Crippen LogP) is 1.16. The minimum absolute atomic E-state index is 0.170. The van der Waals surface area contributed by atoms with Crippen LogP contribution in [-0.2, 0) is 9.59 Å². The predicted molar refractivity (Wildman–Crippen MR) is 49.4 cm³/mol. The molecule has 0 aliphatic carbocycles. The number of carboxylic acids is 1. The summed E-state index contributed by atoms with van der Waals surface area (Å²) in [6, 6.07) is -0.732. The Hall–Kier alpha value is -1.06. The maximum Gasteiger partial charge on any atom is 0.326 e. The molecule has 4 heteroatoms. The van der Waals surface area contributed by atoms with Gasteiger partial charge in [-0.05, 0) is 12.8 Å². The lowest BCUT2D eigenvalue weighted by molar-refractivity contribution is -0.141. The number of hydrogen-bond donors (Lipinski definition) is 2. The van der Waals surface area contributed by atoms with Gasteiger partial charge < -0.3 is 10.4 Å². The van der Waals surface area contributed by atoms with E-state index in [0.717, 1.165) is 12.8 Å². The van der Waals surface area contributed by atoms with Crippen molar-refractivity contribution in [2.75, 3.05) is 0 Å². The Balaban J connectivity index is 3.80. The van der Waals surface area contributed by atoms with Gasteiger partial charge in [-0.1, -0.05) is 20.3 Å². The van der Waals surface area contributed by atoms with Crippen LogP contribution in [0.25, 0.3) is 0 Å². The van der Waals surface area contributed by atoms with Crippen molar-refractivity contribution >= 4 is 11.9 Å². The molecule has 0 aliphatic heterocycles. The highest BCUT2D eigenvalue weighted by Gasteiger charge is 2.16. The summed E-state index contributed by atoms with van der Waals surface area (Å²) in [6.45, 7) is 3.72. The largest absolute Gasteiger partial charge is 0.480 e. The van der Waals surface area contributed by atoms with Crippen molar-refractivity contribution in [3.63, 3.8) is 0 Å². The van der Waals surface area contributed by atoms with E-state index in [0.29, 0.717) is 12.8 Å². The van der Waals surface area contributed by atoms with Gasteiger partial charge in [-0.2, -0.15) is 0 Å². The molecule has 0 spiro atoms. The van der Waals surface area contributed by atoms with E-state index in [9.17, 15) is 9.59 Å². The monoisotopic (exact) mass is 187 g/mol. The van der Waals surface area contributed by atoms with E-state index in [1.54, 1.807) is 6.92 Å². The molecule has 1 amide bonds. The fraction of sp³-hybridized carbons (Fsp3) is 0.778. The zero-order valence-corrected chi connectivity index (χ0v) is 8.17. The molecule has 0 saturated heterocycles. The molecule has 0 aromatic rings. The van der Waals surface area contributed by atoms with Gasteiger partial charge in [0.2, 0.25) is 5.91 Å². The number of carbonyl (C=O) groups is 2. The van der Waals surface area contributed by atoms with Gasteiger partial charge in [-0.3, -0.25) is 4.79 Å². The van der Waals surface area contributed by atoms with Crippen LogP contribution in [0.5, 0.6) is 0 Å². The van der Waals surface area contributed by atoms with Crippen LogP contribution in [0.3, 0.4) is 0 Å². The smallest absolute Gasteiger partial charge is 0.326 e. The number of nitrogens with one attached hydrogen (secondary N) is 1. The average Bonchev–Trinajstić information content (AvgIpc) is 2.10. The van der Waals surface area contributed by atoms with Gasteiger partial charge in [-0.25, -0.2) is 4.79 Å². The highest BCUT2D eigenvalue weighted by molar-refractivity contribution is 5.83. The molecule has 0 aromatic heterocycles. The molecule has 13 heavy (non-hydrogen) atoms. The maximum absolute atomic E-state index is 11.1. The maximum atomic E-state index is 11.1. The van der Waals surface area contributed by atoms with Gasteiger partial charge >= 0.3 is 5.97 Å². The fourth-order valence-electron chi connectivity index (χ4n) is 0.942. The van der Waals surface area contributed by atoms with Gasteiger partial charge in [0.05, 0.1) is 0 Å². The third-order valence-electron chi connectivity index (χ3n) is 1.80. The first kappa shape index (κ1) is 11.9. The molecule has 0 saturated carbocycles. The first-order valence-electron chi connectivity index (χ1n) is 4.64. The Labute approximate surface area is 78.3 Å². The molecular weight excluding hydrogens is 170 g/mol. The summed E-state index contributed by atoms with van der Waals surface area (Å²) in [5, 5.41) is 11.1. The highest BCUT2D eigenvalue weighted by atomic mass is 16.4. The van der Waals surface area contributed by atoms with Crippen molar-refractivity contribution in [2.24, 2.45) is 0 Å². The van der Waals surface area contributed by atoms with Crippen LogP contribution < -0.4 is 5.32 Å². The Morgan fingerprint density at radius 3 is 2.38 bits per heavy atom. The van der Waals surface area contributed by atoms with Crippen LogP contribution in [0.2, 0.25) is 0 Å². The Morgan fingerprint density at radius 1 is 1.38 bits per heavy atom. The molecule has 1 unspecified atom stereocenters. The minimum Gasteiger partial charge on any atom is -0.480 e. The van der Waals surface area contributed by atoms with Crippen LogP contribution in [0.4, 0.5) is 0 Å². The van der Waals surface area contributed by atoms with Gasteiger partial charge in [-0.15, -0.1) is 0 Å². The summed E-state index contributed by atoms with van der Waals surface area (Å²) in [4.78, 5) is 21.6. The number of hydrogen-bond acceptors (Lipinski definition) is 2. The van der Waals surface area contributed by atoms with Crippen molar-refractivity contribution in [2.45, 2.75) is 45.6 Å². The molecule has 0 radical (unpaired) electrons. The van der Waals surface area contributed by atoms with E-state index in [1.165, 1.54) is 0 Å². The molecule has 4 nitrogen and oxygen atoms in total. The van der Waals surface area contributed by atoms with Gasteiger partial charge in [0.15, 0.2) is 0 Å². The minimum atomic E-state index is -0.965. The van der Waals surface area contributed by atoms with Gasteiger partial charge in [0, 0.05) is 6.42 Å². The van der Waals surface area contributed by atoms with Crippen LogP contribution >= 0.6 is 0 Å².